The molecule has 0 radical (unpaired) electrons. The van der Waals surface area contributed by atoms with E-state index in [1.165, 1.54) is 11.3 Å². The molecule has 1 N–H and O–H groups in total. The van der Waals surface area contributed by atoms with Gasteiger partial charge in [-0.05, 0) is 50.2 Å². The van der Waals surface area contributed by atoms with E-state index in [1.54, 1.807) is 24.3 Å². The average molecular weight is 403 g/mol. The van der Waals surface area contributed by atoms with E-state index in [9.17, 15) is 13.6 Å². The molecule has 5 heteroatoms. The predicted molar refractivity (Wildman–Crippen MR) is 114 cm³/mol. The Morgan fingerprint density at radius 3 is 2.76 bits per heavy atom. The number of halogens is 2. The van der Waals surface area contributed by atoms with Crippen LogP contribution in [-0.2, 0) is 4.79 Å². The van der Waals surface area contributed by atoms with Crippen molar-refractivity contribution in [2.24, 2.45) is 0 Å². The minimum atomic E-state index is -1.36. The van der Waals surface area contributed by atoms with Crippen molar-refractivity contribution < 1.29 is 13.6 Å². The van der Waals surface area contributed by atoms with Gasteiger partial charge in [0.1, 0.15) is 6.17 Å². The second kappa shape index (κ2) is 11.7. The molecule has 0 aromatic heterocycles. The molecule has 3 atom stereocenters. The van der Waals surface area contributed by atoms with E-state index in [-0.39, 0.29) is 18.2 Å². The Hall–Kier alpha value is -2.19. The Balaban J connectivity index is 2.41. The zero-order chi connectivity index (χ0) is 21.2. The number of hydrogen-bond donors (Lipinski definition) is 1. The van der Waals surface area contributed by atoms with E-state index in [0.717, 1.165) is 25.7 Å². The molecule has 3 unspecified atom stereocenters. The summed E-state index contributed by atoms with van der Waals surface area (Å²) >= 11 is 0. The molecule has 29 heavy (non-hydrogen) atoms. The van der Waals surface area contributed by atoms with Crippen molar-refractivity contribution in [2.45, 2.75) is 82.6 Å². The molecule has 0 saturated heterocycles. The third kappa shape index (κ3) is 6.14. The van der Waals surface area contributed by atoms with Gasteiger partial charge in [-0.25, -0.2) is 8.78 Å². The van der Waals surface area contributed by atoms with Gasteiger partial charge in [0, 0.05) is 18.5 Å². The molecule has 0 heterocycles. The zero-order valence-electron chi connectivity index (χ0n) is 17.2. The fourth-order valence-corrected chi connectivity index (χ4v) is 4.27. The van der Waals surface area contributed by atoms with Crippen LogP contribution in [0.5, 0.6) is 0 Å². The molecule has 2 aliphatic rings. The average Bonchev–Trinajstić information content (AvgIpc) is 2.74. The first kappa shape index (κ1) is 23.1. The fourth-order valence-electron chi connectivity index (χ4n) is 4.27. The molecule has 1 fully saturated rings. The SMILES string of the molecule is C#CC(=O)N(C1=CC=CCC1F)C(C(=CF)CCC=C)C(C)NC1CCCCC1. The van der Waals surface area contributed by atoms with Crippen molar-refractivity contribution in [2.75, 3.05) is 0 Å². The van der Waals surface area contributed by atoms with Crippen molar-refractivity contribution in [1.82, 2.24) is 10.2 Å². The topological polar surface area (TPSA) is 32.3 Å². The van der Waals surface area contributed by atoms with Gasteiger partial charge in [-0.15, -0.1) is 13.0 Å². The molecular weight excluding hydrogens is 370 g/mol. The molecule has 0 aromatic carbocycles. The first-order valence-electron chi connectivity index (χ1n) is 10.5. The quantitative estimate of drug-likeness (QED) is 0.428. The first-order valence-corrected chi connectivity index (χ1v) is 10.5. The molecule has 2 aliphatic carbocycles. The van der Waals surface area contributed by atoms with Crippen molar-refractivity contribution in [3.05, 3.63) is 48.5 Å². The lowest BCUT2D eigenvalue weighted by molar-refractivity contribution is -0.125. The van der Waals surface area contributed by atoms with E-state index >= 15 is 0 Å². The van der Waals surface area contributed by atoms with Crippen LogP contribution in [0.15, 0.2) is 48.5 Å². The van der Waals surface area contributed by atoms with Crippen molar-refractivity contribution in [1.29, 1.82) is 0 Å². The van der Waals surface area contributed by atoms with Gasteiger partial charge in [0.2, 0.25) is 0 Å². The summed E-state index contributed by atoms with van der Waals surface area (Å²) in [4.78, 5) is 14.0. The van der Waals surface area contributed by atoms with E-state index in [4.69, 9.17) is 6.42 Å². The fraction of sp³-hybridized carbons (Fsp3) is 0.542. The Morgan fingerprint density at radius 1 is 1.45 bits per heavy atom. The summed E-state index contributed by atoms with van der Waals surface area (Å²) in [5, 5.41) is 3.56. The molecule has 0 aliphatic heterocycles. The van der Waals surface area contributed by atoms with Gasteiger partial charge in [0.05, 0.1) is 18.1 Å². The van der Waals surface area contributed by atoms with Crippen molar-refractivity contribution in [3.8, 4) is 12.3 Å². The maximum atomic E-state index is 14.8. The van der Waals surface area contributed by atoms with Gasteiger partial charge in [-0.2, -0.15) is 0 Å². The molecule has 0 bridgehead atoms. The number of carbonyl (C=O) groups is 1. The number of nitrogens with one attached hydrogen (secondary N) is 1. The predicted octanol–water partition coefficient (Wildman–Crippen LogP) is 5.13. The summed E-state index contributed by atoms with van der Waals surface area (Å²) in [5.74, 6) is 1.46. The lowest BCUT2D eigenvalue weighted by Crippen LogP contribution is -2.54. The highest BCUT2D eigenvalue weighted by Crippen LogP contribution is 2.30. The monoisotopic (exact) mass is 402 g/mol. The number of terminal acetylenes is 1. The van der Waals surface area contributed by atoms with Crippen LogP contribution in [0.25, 0.3) is 0 Å². The number of amides is 1. The smallest absolute Gasteiger partial charge is 0.303 e. The zero-order valence-corrected chi connectivity index (χ0v) is 17.2. The summed E-state index contributed by atoms with van der Waals surface area (Å²) in [5.41, 5.74) is 0.600. The lowest BCUT2D eigenvalue weighted by Gasteiger charge is -2.40. The Labute approximate surface area is 173 Å². The van der Waals surface area contributed by atoms with Crippen LogP contribution < -0.4 is 5.32 Å². The minimum Gasteiger partial charge on any atom is -0.309 e. The van der Waals surface area contributed by atoms with Crippen molar-refractivity contribution >= 4 is 5.91 Å². The molecule has 1 saturated carbocycles. The van der Waals surface area contributed by atoms with Crippen molar-refractivity contribution in [3.63, 3.8) is 0 Å². The molecule has 158 valence electrons. The van der Waals surface area contributed by atoms with Gasteiger partial charge in [0.15, 0.2) is 0 Å². The summed E-state index contributed by atoms with van der Waals surface area (Å²) in [6.45, 7) is 5.62. The number of hydrogen-bond acceptors (Lipinski definition) is 2. The van der Waals surface area contributed by atoms with Crippen LogP contribution >= 0.6 is 0 Å². The Kier molecular flexibility index (Phi) is 9.34. The van der Waals surface area contributed by atoms with E-state index in [2.05, 4.69) is 17.8 Å². The molecule has 0 aromatic rings. The van der Waals surface area contributed by atoms with Gasteiger partial charge in [-0.1, -0.05) is 37.5 Å². The number of nitrogens with zero attached hydrogens (tertiary/aromatic N) is 1. The maximum Gasteiger partial charge on any atom is 0.303 e. The van der Waals surface area contributed by atoms with E-state index in [1.807, 2.05) is 6.92 Å². The number of allylic oxidation sites excluding steroid dienone is 5. The maximum absolute atomic E-state index is 14.8. The van der Waals surface area contributed by atoms with Crippen LogP contribution in [0.2, 0.25) is 0 Å². The van der Waals surface area contributed by atoms with E-state index in [0.29, 0.717) is 30.8 Å². The molecule has 2 rings (SSSR count). The highest BCUT2D eigenvalue weighted by atomic mass is 19.1. The van der Waals surface area contributed by atoms with Gasteiger partial charge in [0.25, 0.3) is 0 Å². The third-order valence-electron chi connectivity index (χ3n) is 5.70. The van der Waals surface area contributed by atoms with E-state index < -0.39 is 18.1 Å². The second-order valence-electron chi connectivity index (χ2n) is 7.79. The van der Waals surface area contributed by atoms with Gasteiger partial charge in [-0.3, -0.25) is 9.69 Å². The van der Waals surface area contributed by atoms with Crippen LogP contribution in [0.3, 0.4) is 0 Å². The highest BCUT2D eigenvalue weighted by Gasteiger charge is 2.37. The molecular formula is C24H32F2N2O. The van der Waals surface area contributed by atoms with Crippen LogP contribution in [0, 0.1) is 12.3 Å². The minimum absolute atomic E-state index is 0.165. The van der Waals surface area contributed by atoms with Crippen LogP contribution in [0.1, 0.15) is 58.3 Å². The van der Waals surface area contributed by atoms with Crippen LogP contribution in [-0.4, -0.2) is 35.1 Å². The van der Waals surface area contributed by atoms with Gasteiger partial charge >= 0.3 is 5.91 Å². The normalized spacial score (nSPS) is 22.3. The number of alkyl halides is 1. The summed E-state index contributed by atoms with van der Waals surface area (Å²) < 4.78 is 28.8. The number of rotatable bonds is 9. The summed E-state index contributed by atoms with van der Waals surface area (Å²) in [6.07, 6.45) is 18.0. The summed E-state index contributed by atoms with van der Waals surface area (Å²) in [7, 11) is 0. The van der Waals surface area contributed by atoms with Crippen LogP contribution in [0.4, 0.5) is 8.78 Å². The number of carbonyl (C=O) groups excluding carboxylic acids is 1. The van der Waals surface area contributed by atoms with Gasteiger partial charge < -0.3 is 5.32 Å². The second-order valence-corrected chi connectivity index (χ2v) is 7.79. The first-order chi connectivity index (χ1) is 14.0. The molecule has 1 amide bonds. The standard InChI is InChI=1S/C24H32F2N2O/c1-4-6-12-19(17-25)24(18(3)27-20-13-8-7-9-14-20)28(23(29)5-2)22-16-11-10-15-21(22)26/h2,4,10-11,16-18,20-21,24,27H,1,6-9,12-15H2,3H3. The molecule has 3 nitrogen and oxygen atoms in total. The Morgan fingerprint density at radius 2 is 2.17 bits per heavy atom. The highest BCUT2D eigenvalue weighted by molar-refractivity contribution is 5.94. The third-order valence-corrected chi connectivity index (χ3v) is 5.70. The largest absolute Gasteiger partial charge is 0.309 e. The summed E-state index contributed by atoms with van der Waals surface area (Å²) in [6, 6.07) is -0.701. The Bertz CT molecular complexity index is 698. The molecule has 0 spiro atoms. The lowest BCUT2D eigenvalue weighted by atomic mass is 9.90.